The molecular weight excluding hydrogens is 306 g/mol. The van der Waals surface area contributed by atoms with Crippen LogP contribution in [0.15, 0.2) is 70.7 Å². The lowest BCUT2D eigenvalue weighted by molar-refractivity contribution is 0.402. The number of hydrogen-bond donors (Lipinski definition) is 1. The van der Waals surface area contributed by atoms with Gasteiger partial charge in [-0.1, -0.05) is 54.2 Å². The first-order chi connectivity index (χ1) is 11.2. The molecule has 0 fully saturated rings. The van der Waals surface area contributed by atoms with Crippen molar-refractivity contribution in [2.75, 3.05) is 7.11 Å². The molecule has 1 N–H and O–H groups in total. The van der Waals surface area contributed by atoms with Crippen molar-refractivity contribution in [3.8, 4) is 5.75 Å². The third kappa shape index (κ3) is 3.22. The predicted octanol–water partition coefficient (Wildman–Crippen LogP) is 4.99. The van der Waals surface area contributed by atoms with Gasteiger partial charge in [0, 0.05) is 12.2 Å². The summed E-state index contributed by atoms with van der Waals surface area (Å²) in [5.74, 6) is 0.916. The first-order valence-corrected chi connectivity index (χ1v) is 8.30. The molecular formula is C19H19NO2S. The third-order valence-corrected chi connectivity index (χ3v) is 4.86. The van der Waals surface area contributed by atoms with Crippen molar-refractivity contribution in [3.63, 3.8) is 0 Å². The minimum absolute atomic E-state index is 0.247. The van der Waals surface area contributed by atoms with E-state index in [-0.39, 0.29) is 5.76 Å². The van der Waals surface area contributed by atoms with Gasteiger partial charge in [-0.3, -0.25) is 0 Å². The molecule has 0 unspecified atom stereocenters. The minimum atomic E-state index is 0.247. The van der Waals surface area contributed by atoms with E-state index in [1.165, 1.54) is 17.3 Å². The van der Waals surface area contributed by atoms with Gasteiger partial charge in [-0.2, -0.15) is 0 Å². The normalized spacial score (nSPS) is 16.3. The topological polar surface area (TPSA) is 32.7 Å². The lowest BCUT2D eigenvalue weighted by atomic mass is 10.1. The van der Waals surface area contributed by atoms with E-state index in [1.54, 1.807) is 7.11 Å². The molecule has 0 spiro atoms. The zero-order chi connectivity index (χ0) is 16.2. The summed E-state index contributed by atoms with van der Waals surface area (Å²) in [4.78, 5) is 2.13. The van der Waals surface area contributed by atoms with Gasteiger partial charge < -0.3 is 14.7 Å². The van der Waals surface area contributed by atoms with Crippen LogP contribution < -0.4 is 4.74 Å². The van der Waals surface area contributed by atoms with E-state index < -0.39 is 0 Å². The SMILES string of the molecule is COc1ccccc1/C(O)=C1\SC=C(C)N1Cc1ccccc1. The number of hydrogen-bond acceptors (Lipinski definition) is 4. The lowest BCUT2D eigenvalue weighted by Gasteiger charge is -2.23. The van der Waals surface area contributed by atoms with E-state index in [1.807, 2.05) is 42.5 Å². The van der Waals surface area contributed by atoms with Crippen molar-refractivity contribution in [2.45, 2.75) is 13.5 Å². The summed E-state index contributed by atoms with van der Waals surface area (Å²) in [5.41, 5.74) is 3.03. The second-order valence-electron chi connectivity index (χ2n) is 5.30. The highest BCUT2D eigenvalue weighted by atomic mass is 32.2. The summed E-state index contributed by atoms with van der Waals surface area (Å²) in [7, 11) is 1.61. The van der Waals surface area contributed by atoms with Gasteiger partial charge >= 0.3 is 0 Å². The molecule has 3 nitrogen and oxygen atoms in total. The largest absolute Gasteiger partial charge is 0.504 e. The van der Waals surface area contributed by atoms with Crippen LogP contribution in [-0.4, -0.2) is 17.1 Å². The standard InChI is InChI=1S/C19H19NO2S/c1-14-13-23-19(20(14)12-15-8-4-3-5-9-15)18(21)16-10-6-7-11-17(16)22-2/h3-11,13,21H,12H2,1-2H3/b19-18+. The van der Waals surface area contributed by atoms with Gasteiger partial charge in [0.15, 0.2) is 5.76 Å². The first kappa shape index (κ1) is 15.6. The summed E-state index contributed by atoms with van der Waals surface area (Å²) in [5, 5.41) is 13.7. The van der Waals surface area contributed by atoms with Gasteiger partial charge in [0.25, 0.3) is 0 Å². The number of aliphatic hydroxyl groups excluding tert-OH is 1. The van der Waals surface area contributed by atoms with Crippen LogP contribution >= 0.6 is 11.8 Å². The number of benzene rings is 2. The van der Waals surface area contributed by atoms with Crippen LogP contribution in [0.5, 0.6) is 5.75 Å². The number of methoxy groups -OCH3 is 1. The maximum atomic E-state index is 10.8. The Bertz CT molecular complexity index is 753. The Hall–Kier alpha value is -2.33. The van der Waals surface area contributed by atoms with Gasteiger partial charge in [-0.15, -0.1) is 0 Å². The molecule has 0 amide bonds. The molecule has 118 valence electrons. The molecule has 1 aliphatic rings. The molecule has 0 atom stereocenters. The summed E-state index contributed by atoms with van der Waals surface area (Å²) in [6.45, 7) is 2.78. The van der Waals surface area contributed by atoms with Crippen LogP contribution in [0.25, 0.3) is 5.76 Å². The van der Waals surface area contributed by atoms with E-state index in [9.17, 15) is 5.11 Å². The Morgan fingerprint density at radius 1 is 1.09 bits per heavy atom. The van der Waals surface area contributed by atoms with Crippen LogP contribution in [0.3, 0.4) is 0 Å². The first-order valence-electron chi connectivity index (χ1n) is 7.42. The Kier molecular flexibility index (Phi) is 4.63. The molecule has 3 rings (SSSR count). The Morgan fingerprint density at radius 3 is 2.52 bits per heavy atom. The van der Waals surface area contributed by atoms with Gasteiger partial charge in [0.2, 0.25) is 0 Å². The van der Waals surface area contributed by atoms with Crippen molar-refractivity contribution < 1.29 is 9.84 Å². The Balaban J connectivity index is 1.97. The molecule has 4 heteroatoms. The summed E-state index contributed by atoms with van der Waals surface area (Å²) >= 11 is 1.54. The maximum Gasteiger partial charge on any atom is 0.157 e. The quantitative estimate of drug-likeness (QED) is 0.803. The molecule has 0 radical (unpaired) electrons. The lowest BCUT2D eigenvalue weighted by Crippen LogP contribution is -2.17. The molecule has 1 aliphatic heterocycles. The van der Waals surface area contributed by atoms with E-state index >= 15 is 0 Å². The van der Waals surface area contributed by atoms with Crippen molar-refractivity contribution in [1.29, 1.82) is 0 Å². The van der Waals surface area contributed by atoms with Gasteiger partial charge in [0.05, 0.1) is 12.7 Å². The molecule has 0 saturated heterocycles. The number of para-hydroxylation sites is 1. The van der Waals surface area contributed by atoms with Gasteiger partial charge in [0.1, 0.15) is 10.8 Å². The second-order valence-corrected chi connectivity index (χ2v) is 6.16. The van der Waals surface area contributed by atoms with Crippen LogP contribution in [0.4, 0.5) is 0 Å². The third-order valence-electron chi connectivity index (χ3n) is 3.76. The van der Waals surface area contributed by atoms with Crippen molar-refractivity contribution in [1.82, 2.24) is 4.90 Å². The molecule has 0 aliphatic carbocycles. The molecule has 1 heterocycles. The summed E-state index contributed by atoms with van der Waals surface area (Å²) in [6, 6.07) is 17.8. The highest BCUT2D eigenvalue weighted by Crippen LogP contribution is 2.41. The number of thioether (sulfide) groups is 1. The Morgan fingerprint density at radius 2 is 1.78 bits per heavy atom. The smallest absolute Gasteiger partial charge is 0.157 e. The fraction of sp³-hybridized carbons (Fsp3) is 0.158. The molecule has 0 aromatic heterocycles. The predicted molar refractivity (Wildman–Crippen MR) is 95.9 cm³/mol. The molecule has 2 aromatic carbocycles. The van der Waals surface area contributed by atoms with Crippen LogP contribution in [0.1, 0.15) is 18.1 Å². The summed E-state index contributed by atoms with van der Waals surface area (Å²) < 4.78 is 5.37. The van der Waals surface area contributed by atoms with E-state index in [0.717, 1.165) is 17.3 Å². The zero-order valence-electron chi connectivity index (χ0n) is 13.2. The average molecular weight is 325 g/mol. The minimum Gasteiger partial charge on any atom is -0.504 e. The Labute approximate surface area is 140 Å². The van der Waals surface area contributed by atoms with Gasteiger partial charge in [-0.05, 0) is 30.0 Å². The number of rotatable bonds is 4. The van der Waals surface area contributed by atoms with Crippen molar-refractivity contribution >= 4 is 17.5 Å². The van der Waals surface area contributed by atoms with Crippen LogP contribution in [-0.2, 0) is 6.54 Å². The number of aliphatic hydroxyl groups is 1. The molecule has 0 bridgehead atoms. The monoisotopic (exact) mass is 325 g/mol. The number of nitrogens with zero attached hydrogens (tertiary/aromatic N) is 1. The van der Waals surface area contributed by atoms with Crippen LogP contribution in [0, 0.1) is 0 Å². The maximum absolute atomic E-state index is 10.8. The van der Waals surface area contributed by atoms with Crippen molar-refractivity contribution in [3.05, 3.63) is 81.9 Å². The van der Waals surface area contributed by atoms with Crippen molar-refractivity contribution in [2.24, 2.45) is 0 Å². The zero-order valence-corrected chi connectivity index (χ0v) is 14.0. The average Bonchev–Trinajstić information content (AvgIpc) is 2.96. The number of ether oxygens (including phenoxy) is 1. The summed E-state index contributed by atoms with van der Waals surface area (Å²) in [6.07, 6.45) is 0. The van der Waals surface area contributed by atoms with Crippen LogP contribution in [0.2, 0.25) is 0 Å². The second kappa shape index (κ2) is 6.84. The van der Waals surface area contributed by atoms with E-state index in [2.05, 4.69) is 29.4 Å². The van der Waals surface area contributed by atoms with E-state index in [0.29, 0.717) is 11.3 Å². The highest BCUT2D eigenvalue weighted by molar-refractivity contribution is 8.06. The molecule has 0 saturated carbocycles. The van der Waals surface area contributed by atoms with E-state index in [4.69, 9.17) is 4.74 Å². The van der Waals surface area contributed by atoms with Gasteiger partial charge in [-0.25, -0.2) is 0 Å². The fourth-order valence-electron chi connectivity index (χ4n) is 2.53. The molecule has 2 aromatic rings. The highest BCUT2D eigenvalue weighted by Gasteiger charge is 2.24. The number of allylic oxidation sites excluding steroid dienone is 1. The molecule has 23 heavy (non-hydrogen) atoms. The fourth-order valence-corrected chi connectivity index (χ4v) is 3.50.